The van der Waals surface area contributed by atoms with E-state index in [1.165, 1.54) is 29.4 Å². The van der Waals surface area contributed by atoms with Crippen LogP contribution in [0.2, 0.25) is 0 Å². The number of aryl methyl sites for hydroxylation is 2. The monoisotopic (exact) mass is 357 g/mol. The highest BCUT2D eigenvalue weighted by molar-refractivity contribution is 9.10. The van der Waals surface area contributed by atoms with E-state index in [9.17, 15) is 0 Å². The molecule has 0 aliphatic heterocycles. The summed E-state index contributed by atoms with van der Waals surface area (Å²) in [5.74, 6) is 0.803. The van der Waals surface area contributed by atoms with E-state index in [2.05, 4.69) is 58.8 Å². The molecule has 5 heteroatoms. The zero-order valence-electron chi connectivity index (χ0n) is 13.7. The zero-order chi connectivity index (χ0) is 15.4. The molecule has 0 bridgehead atoms. The molecule has 1 aliphatic carbocycles. The molecule has 1 unspecified atom stereocenters. The molecule has 1 saturated carbocycles. The lowest BCUT2D eigenvalue weighted by molar-refractivity contribution is -0.0288. The van der Waals surface area contributed by atoms with Crippen LogP contribution < -0.4 is 5.32 Å². The van der Waals surface area contributed by atoms with Gasteiger partial charge in [-0.1, -0.05) is 0 Å². The summed E-state index contributed by atoms with van der Waals surface area (Å²) >= 11 is 3.70. The molecule has 1 fully saturated rings. The van der Waals surface area contributed by atoms with E-state index in [1.807, 2.05) is 0 Å². The maximum Gasteiger partial charge on any atom is 0.0738 e. The normalized spacial score (nSPS) is 23.1. The highest BCUT2D eigenvalue weighted by Gasteiger charge is 2.31. The molecule has 1 aromatic rings. The molecule has 1 atom stereocenters. The van der Waals surface area contributed by atoms with E-state index in [0.717, 1.165) is 31.2 Å². The highest BCUT2D eigenvalue weighted by Crippen LogP contribution is 2.34. The Hall–Kier alpha value is -0.390. The molecule has 1 N–H and O–H groups in total. The summed E-state index contributed by atoms with van der Waals surface area (Å²) in [6.07, 6.45) is 5.20. The van der Waals surface area contributed by atoms with Crippen LogP contribution in [0, 0.1) is 12.8 Å². The SMILES string of the molecule is CCOC1CC(CC(Cc2c(Br)c(C)nn2CC)NC)C1. The second-order valence-corrected chi connectivity index (χ2v) is 6.80. The summed E-state index contributed by atoms with van der Waals surface area (Å²) in [5, 5.41) is 8.07. The lowest BCUT2D eigenvalue weighted by Gasteiger charge is -2.37. The van der Waals surface area contributed by atoms with Crippen LogP contribution in [0.3, 0.4) is 0 Å². The maximum absolute atomic E-state index is 5.66. The summed E-state index contributed by atoms with van der Waals surface area (Å²) in [6, 6.07) is 0.510. The van der Waals surface area contributed by atoms with Crippen LogP contribution in [-0.4, -0.2) is 35.6 Å². The fraction of sp³-hybridized carbons (Fsp3) is 0.812. The Balaban J connectivity index is 1.91. The molecule has 0 radical (unpaired) electrons. The molecule has 1 heterocycles. The average molecular weight is 358 g/mol. The number of likely N-dealkylation sites (N-methyl/N-ethyl adjacent to an activating group) is 1. The van der Waals surface area contributed by atoms with Gasteiger partial charge >= 0.3 is 0 Å². The molecule has 2 rings (SSSR count). The van der Waals surface area contributed by atoms with Crippen molar-refractivity contribution in [2.24, 2.45) is 5.92 Å². The number of halogens is 1. The third-order valence-electron chi connectivity index (χ3n) is 4.51. The molecule has 0 amide bonds. The molecule has 0 saturated heterocycles. The molecule has 1 aromatic heterocycles. The topological polar surface area (TPSA) is 39.1 Å². The molecular weight excluding hydrogens is 330 g/mol. The molecule has 0 spiro atoms. The largest absolute Gasteiger partial charge is 0.378 e. The lowest BCUT2D eigenvalue weighted by Crippen LogP contribution is -2.38. The van der Waals surface area contributed by atoms with Crippen molar-refractivity contribution in [3.05, 3.63) is 15.9 Å². The first kappa shape index (κ1) is 17.0. The fourth-order valence-corrected chi connectivity index (χ4v) is 3.69. The van der Waals surface area contributed by atoms with E-state index in [-0.39, 0.29) is 0 Å². The Kier molecular flexibility index (Phi) is 6.26. The van der Waals surface area contributed by atoms with E-state index >= 15 is 0 Å². The van der Waals surface area contributed by atoms with Crippen molar-refractivity contribution < 1.29 is 4.74 Å². The highest BCUT2D eigenvalue weighted by atomic mass is 79.9. The first-order chi connectivity index (χ1) is 10.1. The van der Waals surface area contributed by atoms with Gasteiger partial charge < -0.3 is 10.1 Å². The minimum absolute atomic E-state index is 0.507. The third kappa shape index (κ3) is 4.08. The van der Waals surface area contributed by atoms with Crippen molar-refractivity contribution in [3.63, 3.8) is 0 Å². The van der Waals surface area contributed by atoms with E-state index < -0.39 is 0 Å². The molecule has 120 valence electrons. The van der Waals surface area contributed by atoms with Gasteiger partial charge in [-0.05, 0) is 68.9 Å². The van der Waals surface area contributed by atoms with Crippen molar-refractivity contribution >= 4 is 15.9 Å². The van der Waals surface area contributed by atoms with Crippen molar-refractivity contribution in [1.29, 1.82) is 0 Å². The second-order valence-electron chi connectivity index (χ2n) is 6.00. The van der Waals surface area contributed by atoms with Gasteiger partial charge in [-0.3, -0.25) is 4.68 Å². The van der Waals surface area contributed by atoms with Crippen LogP contribution in [-0.2, 0) is 17.7 Å². The summed E-state index contributed by atoms with van der Waals surface area (Å²) in [6.45, 7) is 8.06. The Morgan fingerprint density at radius 1 is 1.43 bits per heavy atom. The van der Waals surface area contributed by atoms with Crippen LogP contribution >= 0.6 is 15.9 Å². The minimum Gasteiger partial charge on any atom is -0.378 e. The quantitative estimate of drug-likeness (QED) is 0.775. The number of nitrogens with one attached hydrogen (secondary N) is 1. The van der Waals surface area contributed by atoms with Crippen LogP contribution in [0.4, 0.5) is 0 Å². The summed E-state index contributed by atoms with van der Waals surface area (Å²) in [4.78, 5) is 0. The van der Waals surface area contributed by atoms with Gasteiger partial charge in [-0.25, -0.2) is 0 Å². The molecule has 0 aromatic carbocycles. The molecule has 21 heavy (non-hydrogen) atoms. The van der Waals surface area contributed by atoms with Crippen molar-refractivity contribution in [2.75, 3.05) is 13.7 Å². The third-order valence-corrected chi connectivity index (χ3v) is 5.55. The Bertz CT molecular complexity index is 455. The van der Waals surface area contributed by atoms with Gasteiger partial charge in [0.15, 0.2) is 0 Å². The van der Waals surface area contributed by atoms with Gasteiger partial charge in [0.1, 0.15) is 0 Å². The van der Waals surface area contributed by atoms with Crippen molar-refractivity contribution in [3.8, 4) is 0 Å². The van der Waals surface area contributed by atoms with Crippen molar-refractivity contribution in [1.82, 2.24) is 15.1 Å². The van der Waals surface area contributed by atoms with E-state index in [4.69, 9.17) is 4.74 Å². The summed E-state index contributed by atoms with van der Waals surface area (Å²) < 4.78 is 8.95. The molecule has 4 nitrogen and oxygen atoms in total. The van der Waals surface area contributed by atoms with Crippen LogP contribution in [0.15, 0.2) is 4.47 Å². The Morgan fingerprint density at radius 2 is 2.14 bits per heavy atom. The zero-order valence-corrected chi connectivity index (χ0v) is 15.2. The van der Waals surface area contributed by atoms with E-state index in [0.29, 0.717) is 12.1 Å². The number of hydrogen-bond acceptors (Lipinski definition) is 3. The van der Waals surface area contributed by atoms with Crippen LogP contribution in [0.25, 0.3) is 0 Å². The lowest BCUT2D eigenvalue weighted by atomic mass is 9.77. The van der Waals surface area contributed by atoms with Crippen LogP contribution in [0.5, 0.6) is 0 Å². The number of hydrogen-bond donors (Lipinski definition) is 1. The van der Waals surface area contributed by atoms with Gasteiger partial charge in [0, 0.05) is 25.6 Å². The van der Waals surface area contributed by atoms with Gasteiger partial charge in [-0.2, -0.15) is 5.10 Å². The standard InChI is InChI=1S/C16H28BrN3O/c1-5-20-15(16(17)11(3)19-20)10-13(18-4)7-12-8-14(9-12)21-6-2/h12-14,18H,5-10H2,1-4H3. The predicted molar refractivity (Wildman–Crippen MR) is 89.6 cm³/mol. The number of rotatable bonds is 8. The summed E-state index contributed by atoms with van der Waals surface area (Å²) in [5.41, 5.74) is 2.40. The molecular formula is C16H28BrN3O. The number of aromatic nitrogens is 2. The van der Waals surface area contributed by atoms with Crippen molar-refractivity contribution in [2.45, 2.75) is 65.1 Å². The van der Waals surface area contributed by atoms with Gasteiger partial charge in [0.25, 0.3) is 0 Å². The van der Waals surface area contributed by atoms with Gasteiger partial charge in [0.05, 0.1) is 22.0 Å². The maximum atomic E-state index is 5.66. The molecule has 1 aliphatic rings. The Morgan fingerprint density at radius 3 is 2.71 bits per heavy atom. The van der Waals surface area contributed by atoms with Crippen LogP contribution in [0.1, 0.15) is 44.5 Å². The van der Waals surface area contributed by atoms with Gasteiger partial charge in [-0.15, -0.1) is 0 Å². The van der Waals surface area contributed by atoms with E-state index in [1.54, 1.807) is 0 Å². The Labute approximate surface area is 136 Å². The smallest absolute Gasteiger partial charge is 0.0738 e. The first-order valence-corrected chi connectivity index (χ1v) is 8.88. The number of nitrogens with zero attached hydrogens (tertiary/aromatic N) is 2. The average Bonchev–Trinajstić information content (AvgIpc) is 2.71. The second kappa shape index (κ2) is 7.75. The minimum atomic E-state index is 0.507. The fourth-order valence-electron chi connectivity index (χ4n) is 3.24. The number of ether oxygens (including phenoxy) is 1. The first-order valence-electron chi connectivity index (χ1n) is 8.09. The predicted octanol–water partition coefficient (Wildman–Crippen LogP) is 3.31. The summed E-state index contributed by atoms with van der Waals surface area (Å²) in [7, 11) is 2.07. The van der Waals surface area contributed by atoms with Gasteiger partial charge in [0.2, 0.25) is 0 Å².